The zero-order chi connectivity index (χ0) is 19.5. The number of carbonyl (C=O) groups excluding carboxylic acids is 2. The first kappa shape index (κ1) is 17.7. The van der Waals surface area contributed by atoms with Crippen molar-refractivity contribution in [2.24, 2.45) is 0 Å². The molecule has 4 aromatic rings. The maximum Gasteiger partial charge on any atom is 0.338 e. The number of aryl methyl sites for hydroxylation is 1. The molecule has 0 spiro atoms. The van der Waals surface area contributed by atoms with Crippen LogP contribution < -0.4 is 0 Å². The van der Waals surface area contributed by atoms with Gasteiger partial charge in [0.15, 0.2) is 6.61 Å². The standard InChI is InChI=1S/C21H18N4O3/c1-14-20(17-4-2-3-5-18(17)24-14)19(26)11-28-21(27)16-8-6-15(7-9-16)10-25-13-22-12-23-25/h2-9,12-13,24H,10-11H2,1H3. The number of carbonyl (C=O) groups is 2. The molecule has 0 unspecified atom stereocenters. The van der Waals surface area contributed by atoms with E-state index in [9.17, 15) is 9.59 Å². The van der Waals surface area contributed by atoms with E-state index in [1.54, 1.807) is 23.1 Å². The molecule has 7 nitrogen and oxygen atoms in total. The summed E-state index contributed by atoms with van der Waals surface area (Å²) in [6.07, 6.45) is 3.10. The number of H-pyrrole nitrogens is 1. The van der Waals surface area contributed by atoms with Gasteiger partial charge in [-0.15, -0.1) is 0 Å². The molecule has 140 valence electrons. The molecule has 0 aliphatic heterocycles. The highest BCUT2D eigenvalue weighted by molar-refractivity contribution is 6.10. The number of nitrogens with zero attached hydrogens (tertiary/aromatic N) is 3. The molecule has 7 heteroatoms. The normalized spacial score (nSPS) is 10.9. The molecular formula is C21H18N4O3. The fourth-order valence-corrected chi connectivity index (χ4v) is 3.17. The van der Waals surface area contributed by atoms with Crippen LogP contribution >= 0.6 is 0 Å². The number of hydrogen-bond donors (Lipinski definition) is 1. The van der Waals surface area contributed by atoms with E-state index < -0.39 is 5.97 Å². The van der Waals surface area contributed by atoms with Gasteiger partial charge in [0, 0.05) is 22.2 Å². The predicted molar refractivity (Wildman–Crippen MR) is 103 cm³/mol. The Morgan fingerprint density at radius 1 is 1.11 bits per heavy atom. The average Bonchev–Trinajstić information content (AvgIpc) is 3.33. The van der Waals surface area contributed by atoms with E-state index in [1.165, 1.54) is 6.33 Å². The summed E-state index contributed by atoms with van der Waals surface area (Å²) < 4.78 is 6.92. The first-order valence-electron chi connectivity index (χ1n) is 8.81. The minimum absolute atomic E-state index is 0.230. The third-order valence-electron chi connectivity index (χ3n) is 4.51. The summed E-state index contributed by atoms with van der Waals surface area (Å²) in [5.41, 5.74) is 3.59. The minimum atomic E-state index is -0.529. The molecule has 2 aromatic heterocycles. The lowest BCUT2D eigenvalue weighted by molar-refractivity contribution is 0.0475. The summed E-state index contributed by atoms with van der Waals surface area (Å²) in [5.74, 6) is -0.760. The summed E-state index contributed by atoms with van der Waals surface area (Å²) in [7, 11) is 0. The van der Waals surface area contributed by atoms with Gasteiger partial charge >= 0.3 is 5.97 Å². The van der Waals surface area contributed by atoms with Crippen molar-refractivity contribution in [3.05, 3.63) is 83.6 Å². The Bertz CT molecular complexity index is 1130. The highest BCUT2D eigenvalue weighted by Gasteiger charge is 2.18. The van der Waals surface area contributed by atoms with Crippen LogP contribution in [0.1, 0.15) is 32.0 Å². The van der Waals surface area contributed by atoms with Gasteiger partial charge in [0.05, 0.1) is 12.1 Å². The highest BCUT2D eigenvalue weighted by Crippen LogP contribution is 2.22. The maximum atomic E-state index is 12.6. The maximum absolute atomic E-state index is 12.6. The van der Waals surface area contributed by atoms with E-state index in [-0.39, 0.29) is 12.4 Å². The van der Waals surface area contributed by atoms with E-state index >= 15 is 0 Å². The number of nitrogens with one attached hydrogen (secondary N) is 1. The lowest BCUT2D eigenvalue weighted by atomic mass is 10.1. The number of benzene rings is 2. The summed E-state index contributed by atoms with van der Waals surface area (Å²) in [6.45, 7) is 2.10. The summed E-state index contributed by atoms with van der Waals surface area (Å²) in [5, 5.41) is 4.88. The van der Waals surface area contributed by atoms with Crippen molar-refractivity contribution in [1.82, 2.24) is 19.7 Å². The van der Waals surface area contributed by atoms with Crippen LogP contribution in [0.4, 0.5) is 0 Å². The molecule has 0 saturated carbocycles. The van der Waals surface area contributed by atoms with Gasteiger partial charge < -0.3 is 9.72 Å². The average molecular weight is 374 g/mol. The van der Waals surface area contributed by atoms with Crippen LogP contribution in [-0.4, -0.2) is 38.1 Å². The van der Waals surface area contributed by atoms with E-state index in [2.05, 4.69) is 15.1 Å². The molecule has 0 atom stereocenters. The van der Waals surface area contributed by atoms with E-state index in [4.69, 9.17) is 4.74 Å². The molecule has 0 radical (unpaired) electrons. The number of ketones is 1. The largest absolute Gasteiger partial charge is 0.454 e. The summed E-state index contributed by atoms with van der Waals surface area (Å²) in [4.78, 5) is 32.0. The van der Waals surface area contributed by atoms with Crippen LogP contribution in [0.3, 0.4) is 0 Å². The van der Waals surface area contributed by atoms with Crippen molar-refractivity contribution >= 4 is 22.7 Å². The Kier molecular flexibility index (Phi) is 4.72. The van der Waals surface area contributed by atoms with E-state index in [1.807, 2.05) is 43.3 Å². The van der Waals surface area contributed by atoms with Gasteiger partial charge in [-0.3, -0.25) is 4.79 Å². The molecule has 0 aliphatic rings. The Morgan fingerprint density at radius 3 is 2.64 bits per heavy atom. The molecule has 0 fully saturated rings. The summed E-state index contributed by atoms with van der Waals surface area (Å²) in [6, 6.07) is 14.6. The van der Waals surface area contributed by atoms with Gasteiger partial charge in [0.2, 0.25) is 5.78 Å². The predicted octanol–water partition coefficient (Wildman–Crippen LogP) is 3.16. The SMILES string of the molecule is Cc1[nH]c2ccccc2c1C(=O)COC(=O)c1ccc(Cn2cncn2)cc1. The number of esters is 1. The highest BCUT2D eigenvalue weighted by atomic mass is 16.5. The number of para-hydroxylation sites is 1. The van der Waals surface area contributed by atoms with Crippen molar-refractivity contribution in [3.8, 4) is 0 Å². The Morgan fingerprint density at radius 2 is 1.89 bits per heavy atom. The molecule has 0 bridgehead atoms. The van der Waals surface area contributed by atoms with Crippen LogP contribution in [0.15, 0.2) is 61.2 Å². The third kappa shape index (κ3) is 3.55. The minimum Gasteiger partial charge on any atom is -0.454 e. The molecule has 28 heavy (non-hydrogen) atoms. The molecule has 0 saturated heterocycles. The molecule has 1 N–H and O–H groups in total. The smallest absolute Gasteiger partial charge is 0.338 e. The van der Waals surface area contributed by atoms with Crippen LogP contribution in [0.25, 0.3) is 10.9 Å². The quantitative estimate of drug-likeness (QED) is 0.414. The van der Waals surface area contributed by atoms with Gasteiger partial charge in [-0.2, -0.15) is 5.10 Å². The van der Waals surface area contributed by atoms with E-state index in [0.717, 1.165) is 22.2 Å². The number of hydrogen-bond acceptors (Lipinski definition) is 5. The van der Waals surface area contributed by atoms with Crippen LogP contribution in [0.2, 0.25) is 0 Å². The zero-order valence-electron chi connectivity index (χ0n) is 15.3. The molecule has 0 amide bonds. The second kappa shape index (κ2) is 7.48. The molecular weight excluding hydrogens is 356 g/mol. The van der Waals surface area contributed by atoms with Gasteiger partial charge in [-0.25, -0.2) is 14.5 Å². The fourth-order valence-electron chi connectivity index (χ4n) is 3.17. The lowest BCUT2D eigenvalue weighted by Gasteiger charge is -2.06. The van der Waals surface area contributed by atoms with E-state index in [0.29, 0.717) is 17.7 Å². The summed E-state index contributed by atoms with van der Waals surface area (Å²) >= 11 is 0. The Balaban J connectivity index is 1.41. The lowest BCUT2D eigenvalue weighted by Crippen LogP contribution is -2.15. The molecule has 0 aliphatic carbocycles. The number of Topliss-reactive ketones (excluding diaryl/α,β-unsaturated/α-hetero) is 1. The van der Waals surface area contributed by atoms with Gasteiger partial charge in [-0.05, 0) is 30.7 Å². The van der Waals surface area contributed by atoms with Crippen LogP contribution in [0, 0.1) is 6.92 Å². The topological polar surface area (TPSA) is 89.9 Å². The van der Waals surface area contributed by atoms with Crippen LogP contribution in [0.5, 0.6) is 0 Å². The van der Waals surface area contributed by atoms with Crippen molar-refractivity contribution in [2.45, 2.75) is 13.5 Å². The third-order valence-corrected chi connectivity index (χ3v) is 4.51. The van der Waals surface area contributed by atoms with Gasteiger partial charge in [0.1, 0.15) is 12.7 Å². The Labute approximate surface area is 161 Å². The second-order valence-electron chi connectivity index (χ2n) is 6.46. The molecule has 2 heterocycles. The van der Waals surface area contributed by atoms with Crippen molar-refractivity contribution in [1.29, 1.82) is 0 Å². The van der Waals surface area contributed by atoms with Crippen molar-refractivity contribution in [3.63, 3.8) is 0 Å². The van der Waals surface area contributed by atoms with Crippen molar-refractivity contribution in [2.75, 3.05) is 6.61 Å². The first-order valence-corrected chi connectivity index (χ1v) is 8.81. The number of ether oxygens (including phenoxy) is 1. The van der Waals surface area contributed by atoms with Gasteiger partial charge in [0.25, 0.3) is 0 Å². The number of aromatic amines is 1. The zero-order valence-corrected chi connectivity index (χ0v) is 15.3. The molecule has 2 aromatic carbocycles. The molecule has 4 rings (SSSR count). The number of aromatic nitrogens is 4. The first-order chi connectivity index (χ1) is 13.6. The van der Waals surface area contributed by atoms with Crippen LogP contribution in [-0.2, 0) is 11.3 Å². The number of rotatable bonds is 6. The fraction of sp³-hybridized carbons (Fsp3) is 0.143. The second-order valence-corrected chi connectivity index (χ2v) is 6.46. The number of fused-ring (bicyclic) bond motifs is 1. The van der Waals surface area contributed by atoms with Gasteiger partial charge in [-0.1, -0.05) is 30.3 Å². The van der Waals surface area contributed by atoms with Crippen molar-refractivity contribution < 1.29 is 14.3 Å². The Hall–Kier alpha value is -3.74. The monoisotopic (exact) mass is 374 g/mol.